The molecule has 3 aromatic rings. The van der Waals surface area contributed by atoms with E-state index in [4.69, 9.17) is 16.3 Å². The Kier molecular flexibility index (Phi) is 4.20. The van der Waals surface area contributed by atoms with Gasteiger partial charge in [-0.05, 0) is 48.9 Å². The van der Waals surface area contributed by atoms with Crippen molar-refractivity contribution < 1.29 is 4.74 Å². The zero-order valence-electron chi connectivity index (χ0n) is 12.3. The average Bonchev–Trinajstić information content (AvgIpc) is 2.84. The van der Waals surface area contributed by atoms with Crippen LogP contribution < -0.4 is 10.4 Å². The Balaban J connectivity index is 1.95. The Morgan fingerprint density at radius 2 is 1.95 bits per heavy atom. The van der Waals surface area contributed by atoms with E-state index in [0.29, 0.717) is 11.6 Å². The van der Waals surface area contributed by atoms with Crippen molar-refractivity contribution in [1.29, 1.82) is 0 Å². The molecule has 0 unspecified atom stereocenters. The number of hydrogen-bond acceptors (Lipinski definition) is 2. The van der Waals surface area contributed by atoms with Gasteiger partial charge >= 0.3 is 5.69 Å². The van der Waals surface area contributed by atoms with E-state index in [1.54, 1.807) is 22.8 Å². The summed E-state index contributed by atoms with van der Waals surface area (Å²) in [5, 5.41) is 0.597. The molecule has 3 rings (SSSR count). The van der Waals surface area contributed by atoms with Crippen LogP contribution in [-0.4, -0.2) is 16.2 Å². The number of nitrogens with one attached hydrogen (secondary N) is 1. The van der Waals surface area contributed by atoms with Crippen molar-refractivity contribution in [2.75, 3.05) is 6.61 Å². The van der Waals surface area contributed by atoms with Crippen molar-refractivity contribution in [2.45, 2.75) is 19.8 Å². The van der Waals surface area contributed by atoms with Gasteiger partial charge in [-0.15, -0.1) is 0 Å². The second-order valence-corrected chi connectivity index (χ2v) is 5.56. The zero-order chi connectivity index (χ0) is 15.5. The predicted molar refractivity (Wildman–Crippen MR) is 89.3 cm³/mol. The largest absolute Gasteiger partial charge is 0.494 e. The monoisotopic (exact) mass is 316 g/mol. The smallest absolute Gasteiger partial charge is 0.331 e. The lowest BCUT2D eigenvalue weighted by Gasteiger charge is -2.07. The maximum absolute atomic E-state index is 12.2. The number of aromatic amines is 1. The molecular formula is C17H17ClN2O2. The van der Waals surface area contributed by atoms with E-state index >= 15 is 0 Å². The van der Waals surface area contributed by atoms with Gasteiger partial charge in [-0.1, -0.05) is 24.9 Å². The molecule has 2 aromatic carbocycles. The summed E-state index contributed by atoms with van der Waals surface area (Å²) in [6, 6.07) is 12.8. The topological polar surface area (TPSA) is 47.0 Å². The molecule has 0 saturated heterocycles. The molecule has 0 aliphatic heterocycles. The number of H-pyrrole nitrogens is 1. The Bertz CT molecular complexity index is 834. The quantitative estimate of drug-likeness (QED) is 0.719. The van der Waals surface area contributed by atoms with Gasteiger partial charge in [-0.2, -0.15) is 0 Å². The third-order valence-corrected chi connectivity index (χ3v) is 3.74. The van der Waals surface area contributed by atoms with E-state index in [1.807, 2.05) is 24.3 Å². The van der Waals surface area contributed by atoms with Crippen molar-refractivity contribution in [3.8, 4) is 11.4 Å². The summed E-state index contributed by atoms with van der Waals surface area (Å²) in [6.07, 6.45) is 2.13. The maximum atomic E-state index is 12.2. The van der Waals surface area contributed by atoms with Crippen molar-refractivity contribution in [3.63, 3.8) is 0 Å². The summed E-state index contributed by atoms with van der Waals surface area (Å²) in [5.74, 6) is 0.808. The Morgan fingerprint density at radius 1 is 1.18 bits per heavy atom. The van der Waals surface area contributed by atoms with Gasteiger partial charge in [0.1, 0.15) is 5.75 Å². The van der Waals surface area contributed by atoms with E-state index in [9.17, 15) is 4.79 Å². The van der Waals surface area contributed by atoms with Crippen LogP contribution in [0.2, 0.25) is 5.02 Å². The maximum Gasteiger partial charge on any atom is 0.331 e. The van der Waals surface area contributed by atoms with E-state index in [-0.39, 0.29) is 5.69 Å². The van der Waals surface area contributed by atoms with Gasteiger partial charge in [0.15, 0.2) is 0 Å². The van der Waals surface area contributed by atoms with Crippen LogP contribution in [0.25, 0.3) is 16.7 Å². The lowest BCUT2D eigenvalue weighted by atomic mass is 10.2. The summed E-state index contributed by atoms with van der Waals surface area (Å²) in [6.45, 7) is 2.83. The normalized spacial score (nSPS) is 11.0. The molecule has 4 nitrogen and oxygen atoms in total. The van der Waals surface area contributed by atoms with E-state index < -0.39 is 0 Å². The first-order chi connectivity index (χ1) is 10.7. The molecule has 1 heterocycles. The van der Waals surface area contributed by atoms with Crippen LogP contribution in [0.3, 0.4) is 0 Å². The van der Waals surface area contributed by atoms with Crippen LogP contribution in [0, 0.1) is 0 Å². The highest BCUT2D eigenvalue weighted by Crippen LogP contribution is 2.21. The number of rotatable bonds is 5. The average molecular weight is 317 g/mol. The minimum Gasteiger partial charge on any atom is -0.494 e. The van der Waals surface area contributed by atoms with Gasteiger partial charge in [0, 0.05) is 5.02 Å². The van der Waals surface area contributed by atoms with Crippen LogP contribution in [0.4, 0.5) is 0 Å². The lowest BCUT2D eigenvalue weighted by molar-refractivity contribution is 0.309. The van der Waals surface area contributed by atoms with E-state index in [2.05, 4.69) is 11.9 Å². The van der Waals surface area contributed by atoms with E-state index in [0.717, 1.165) is 35.3 Å². The Hall–Kier alpha value is -2.20. The second-order valence-electron chi connectivity index (χ2n) is 5.12. The molecule has 5 heteroatoms. The zero-order valence-corrected chi connectivity index (χ0v) is 13.1. The van der Waals surface area contributed by atoms with Gasteiger partial charge in [-0.3, -0.25) is 4.57 Å². The van der Waals surface area contributed by atoms with Crippen LogP contribution >= 0.6 is 11.6 Å². The fourth-order valence-corrected chi connectivity index (χ4v) is 2.52. The highest BCUT2D eigenvalue weighted by atomic mass is 35.5. The van der Waals surface area contributed by atoms with Crippen LogP contribution in [0.1, 0.15) is 19.8 Å². The summed E-state index contributed by atoms with van der Waals surface area (Å²) < 4.78 is 7.25. The number of hydrogen-bond donors (Lipinski definition) is 1. The molecule has 0 saturated carbocycles. The lowest BCUT2D eigenvalue weighted by Crippen LogP contribution is -2.14. The standard InChI is InChI=1S/C17H17ClN2O2/c1-2-3-10-22-14-7-5-13(6-8-14)20-16-11-12(18)4-9-15(16)19-17(20)21/h4-9,11H,2-3,10H2,1H3,(H,19,21). The first-order valence-corrected chi connectivity index (χ1v) is 7.70. The Labute approximate surface area is 133 Å². The third kappa shape index (κ3) is 2.88. The highest BCUT2D eigenvalue weighted by molar-refractivity contribution is 6.31. The predicted octanol–water partition coefficient (Wildman–Crippen LogP) is 4.15. The summed E-state index contributed by atoms with van der Waals surface area (Å²) in [5.41, 5.74) is 2.12. The fourth-order valence-electron chi connectivity index (χ4n) is 2.36. The number of benzene rings is 2. The number of aromatic nitrogens is 2. The van der Waals surface area contributed by atoms with Crippen molar-refractivity contribution in [2.24, 2.45) is 0 Å². The molecule has 0 fully saturated rings. The number of halogens is 1. The second kappa shape index (κ2) is 6.28. The van der Waals surface area contributed by atoms with Gasteiger partial charge in [0.2, 0.25) is 0 Å². The minimum atomic E-state index is -0.183. The van der Waals surface area contributed by atoms with Crippen molar-refractivity contribution in [3.05, 3.63) is 58.0 Å². The molecule has 0 bridgehead atoms. The number of ether oxygens (including phenoxy) is 1. The van der Waals surface area contributed by atoms with Crippen molar-refractivity contribution in [1.82, 2.24) is 9.55 Å². The molecule has 0 aliphatic rings. The SMILES string of the molecule is CCCCOc1ccc(-n2c(=O)[nH]c3ccc(Cl)cc32)cc1. The molecule has 114 valence electrons. The fraction of sp³-hybridized carbons (Fsp3) is 0.235. The van der Waals surface area contributed by atoms with E-state index in [1.165, 1.54) is 0 Å². The summed E-state index contributed by atoms with van der Waals surface area (Å²) in [4.78, 5) is 15.0. The summed E-state index contributed by atoms with van der Waals surface area (Å²) >= 11 is 6.03. The van der Waals surface area contributed by atoms with Crippen LogP contribution in [0.5, 0.6) is 5.75 Å². The van der Waals surface area contributed by atoms with Gasteiger partial charge in [0.25, 0.3) is 0 Å². The van der Waals surface area contributed by atoms with Crippen LogP contribution in [-0.2, 0) is 0 Å². The molecule has 22 heavy (non-hydrogen) atoms. The first-order valence-electron chi connectivity index (χ1n) is 7.32. The van der Waals surface area contributed by atoms with Gasteiger partial charge in [-0.25, -0.2) is 4.79 Å². The van der Waals surface area contributed by atoms with Gasteiger partial charge < -0.3 is 9.72 Å². The minimum absolute atomic E-state index is 0.183. The molecule has 0 aliphatic carbocycles. The number of unbranched alkanes of at least 4 members (excludes halogenated alkanes) is 1. The highest BCUT2D eigenvalue weighted by Gasteiger charge is 2.09. The molecule has 0 radical (unpaired) electrons. The van der Waals surface area contributed by atoms with Crippen molar-refractivity contribution >= 4 is 22.6 Å². The molecule has 1 N–H and O–H groups in total. The first kappa shape index (κ1) is 14.7. The van der Waals surface area contributed by atoms with Crippen LogP contribution in [0.15, 0.2) is 47.3 Å². The Morgan fingerprint density at radius 3 is 2.68 bits per heavy atom. The molecule has 0 atom stereocenters. The number of nitrogens with zero attached hydrogens (tertiary/aromatic N) is 1. The molecule has 0 amide bonds. The third-order valence-electron chi connectivity index (χ3n) is 3.51. The van der Waals surface area contributed by atoms with Gasteiger partial charge in [0.05, 0.1) is 23.3 Å². The number of fused-ring (bicyclic) bond motifs is 1. The molecule has 0 spiro atoms. The molecule has 1 aromatic heterocycles. The molecular weight excluding hydrogens is 300 g/mol. The number of imidazole rings is 1. The summed E-state index contributed by atoms with van der Waals surface area (Å²) in [7, 11) is 0.